The average Bonchev–Trinajstić information content (AvgIpc) is 2.80. The number of hydrogen-bond acceptors (Lipinski definition) is 6. The first-order valence-electron chi connectivity index (χ1n) is 5.07. The predicted molar refractivity (Wildman–Crippen MR) is 66.5 cm³/mol. The Morgan fingerprint density at radius 3 is 2.80 bits per heavy atom. The molecule has 1 aromatic carbocycles. The van der Waals surface area contributed by atoms with Crippen molar-refractivity contribution in [2.24, 2.45) is 0 Å². The van der Waals surface area contributed by atoms with Crippen LogP contribution < -0.4 is 5.54 Å². The van der Waals surface area contributed by atoms with E-state index in [9.17, 15) is 24.5 Å². The van der Waals surface area contributed by atoms with Gasteiger partial charge in [-0.3, -0.25) is 4.79 Å². The number of benzene rings is 1. The van der Waals surface area contributed by atoms with Crippen LogP contribution in [0.25, 0.3) is 0 Å². The molecule has 0 aliphatic heterocycles. The number of nitro groups is 1. The Kier molecular flexibility index (Phi) is 3.53. The topological polar surface area (TPSA) is 110 Å². The number of phenols is 1. The lowest BCUT2D eigenvalue weighted by molar-refractivity contribution is -0.389. The molecule has 10 heteroatoms. The van der Waals surface area contributed by atoms with Crippen LogP contribution in [-0.2, 0) is 0 Å². The summed E-state index contributed by atoms with van der Waals surface area (Å²) in [6.45, 7) is 0. The molecule has 0 amide bonds. The Balaban J connectivity index is 2.49. The monoisotopic (exact) mass is 300 g/mol. The quantitative estimate of drug-likeness (QED) is 0.389. The van der Waals surface area contributed by atoms with Crippen LogP contribution in [0.5, 0.6) is 5.75 Å². The molecule has 0 spiro atoms. The first-order valence-corrected chi connectivity index (χ1v) is 5.45. The molecule has 1 heterocycles. The SMILES string of the molecule is O=C(c1cc(NF)ccc1O)n1cnc([N+](=O)[O-])c1Cl. The summed E-state index contributed by atoms with van der Waals surface area (Å²) in [5.41, 5.74) is 0.947. The Labute approximate surface area is 115 Å². The zero-order chi connectivity index (χ0) is 14.9. The van der Waals surface area contributed by atoms with Crippen LogP contribution in [0, 0.1) is 10.1 Å². The van der Waals surface area contributed by atoms with E-state index in [2.05, 4.69) is 4.98 Å². The predicted octanol–water partition coefficient (Wildman–Crippen LogP) is 2.14. The van der Waals surface area contributed by atoms with Gasteiger partial charge in [-0.1, -0.05) is 11.6 Å². The summed E-state index contributed by atoms with van der Waals surface area (Å²) in [5.74, 6) is -2.01. The van der Waals surface area contributed by atoms with Crippen molar-refractivity contribution in [2.75, 3.05) is 5.54 Å². The lowest BCUT2D eigenvalue weighted by Crippen LogP contribution is -2.11. The number of imidazole rings is 1. The molecule has 0 unspecified atom stereocenters. The van der Waals surface area contributed by atoms with Gasteiger partial charge in [0.05, 0.1) is 11.3 Å². The van der Waals surface area contributed by atoms with Crippen molar-refractivity contribution in [3.63, 3.8) is 0 Å². The van der Waals surface area contributed by atoms with E-state index >= 15 is 0 Å². The van der Waals surface area contributed by atoms with Crippen molar-refractivity contribution in [1.29, 1.82) is 0 Å². The average molecular weight is 301 g/mol. The van der Waals surface area contributed by atoms with Crippen LogP contribution >= 0.6 is 11.6 Å². The van der Waals surface area contributed by atoms with Gasteiger partial charge >= 0.3 is 5.82 Å². The summed E-state index contributed by atoms with van der Waals surface area (Å²) in [5, 5.41) is 19.7. The lowest BCUT2D eigenvalue weighted by Gasteiger charge is -2.05. The Morgan fingerprint density at radius 1 is 1.55 bits per heavy atom. The number of aromatic nitrogens is 2. The van der Waals surface area contributed by atoms with Crippen LogP contribution in [0.2, 0.25) is 5.15 Å². The third-order valence-electron chi connectivity index (χ3n) is 2.42. The van der Waals surface area contributed by atoms with Crippen LogP contribution in [0.1, 0.15) is 10.4 Å². The molecular weight excluding hydrogens is 295 g/mol. The smallest absolute Gasteiger partial charge is 0.401 e. The van der Waals surface area contributed by atoms with Crippen molar-refractivity contribution in [1.82, 2.24) is 9.55 Å². The van der Waals surface area contributed by atoms with Gasteiger partial charge in [-0.25, -0.2) is 10.1 Å². The fourth-order valence-corrected chi connectivity index (χ4v) is 1.72. The fraction of sp³-hybridized carbons (Fsp3) is 0. The minimum Gasteiger partial charge on any atom is -0.507 e. The zero-order valence-corrected chi connectivity index (χ0v) is 10.3. The summed E-state index contributed by atoms with van der Waals surface area (Å²) >= 11 is 5.66. The lowest BCUT2D eigenvalue weighted by atomic mass is 10.1. The summed E-state index contributed by atoms with van der Waals surface area (Å²) in [4.78, 5) is 25.2. The third-order valence-corrected chi connectivity index (χ3v) is 2.77. The maximum absolute atomic E-state index is 12.3. The minimum atomic E-state index is -0.884. The van der Waals surface area contributed by atoms with E-state index in [0.717, 1.165) is 18.5 Å². The Bertz CT molecular complexity index is 703. The number of nitrogens with zero attached hydrogens (tertiary/aromatic N) is 3. The molecule has 0 saturated heterocycles. The van der Waals surface area contributed by atoms with Gasteiger partial charge in [0, 0.05) is 0 Å². The Morgan fingerprint density at radius 2 is 2.25 bits per heavy atom. The molecule has 104 valence electrons. The number of anilines is 1. The van der Waals surface area contributed by atoms with E-state index in [1.807, 2.05) is 0 Å². The summed E-state index contributed by atoms with van der Waals surface area (Å²) in [6, 6.07) is 3.32. The molecular formula is C10H6ClFN4O4. The molecule has 0 radical (unpaired) electrons. The molecule has 1 aromatic heterocycles. The number of halogens is 2. The molecule has 0 atom stereocenters. The highest BCUT2D eigenvalue weighted by Crippen LogP contribution is 2.27. The maximum atomic E-state index is 12.3. The van der Waals surface area contributed by atoms with Crippen LogP contribution in [0.3, 0.4) is 0 Å². The highest BCUT2D eigenvalue weighted by molar-refractivity contribution is 6.32. The second-order valence-corrected chi connectivity index (χ2v) is 3.98. The van der Waals surface area contributed by atoms with Gasteiger partial charge in [0.2, 0.25) is 11.5 Å². The maximum Gasteiger partial charge on any atom is 0.401 e. The summed E-state index contributed by atoms with van der Waals surface area (Å²) < 4.78 is 13.0. The van der Waals surface area contributed by atoms with Gasteiger partial charge in [0.15, 0.2) is 0 Å². The molecule has 8 nitrogen and oxygen atoms in total. The highest BCUT2D eigenvalue weighted by atomic mass is 35.5. The van der Waals surface area contributed by atoms with Crippen molar-refractivity contribution in [3.05, 3.63) is 45.4 Å². The van der Waals surface area contributed by atoms with E-state index in [0.29, 0.717) is 4.57 Å². The normalized spacial score (nSPS) is 10.3. The van der Waals surface area contributed by atoms with E-state index in [1.165, 1.54) is 11.6 Å². The first-order chi connectivity index (χ1) is 9.45. The molecule has 0 bridgehead atoms. The number of rotatable bonds is 3. The number of carbonyl (C=O) groups is 1. The number of hydrogen-bond donors (Lipinski definition) is 2. The number of phenolic OH excluding ortho intramolecular Hbond substituents is 1. The van der Waals surface area contributed by atoms with Gasteiger partial charge in [-0.05, 0) is 28.1 Å². The van der Waals surface area contributed by atoms with E-state index < -0.39 is 27.6 Å². The minimum absolute atomic E-state index is 0.0723. The van der Waals surface area contributed by atoms with Crippen molar-refractivity contribution in [2.45, 2.75) is 0 Å². The van der Waals surface area contributed by atoms with Gasteiger partial charge in [0.1, 0.15) is 5.75 Å². The van der Waals surface area contributed by atoms with Crippen molar-refractivity contribution < 1.29 is 19.3 Å². The molecule has 2 N–H and O–H groups in total. The standard InChI is InChI=1S/C10H6ClFN4O4/c11-8-9(16(19)20)13-4-15(8)10(18)6-3-5(14-12)1-2-7(6)17/h1-4,14,17H. The molecule has 20 heavy (non-hydrogen) atoms. The summed E-state index contributed by atoms with van der Waals surface area (Å²) in [7, 11) is 0. The molecule has 2 rings (SSSR count). The van der Waals surface area contributed by atoms with Crippen LogP contribution in [0.4, 0.5) is 16.0 Å². The number of carbonyl (C=O) groups excluding carboxylic acids is 1. The first kappa shape index (κ1) is 13.7. The largest absolute Gasteiger partial charge is 0.507 e. The van der Waals surface area contributed by atoms with E-state index in [-0.39, 0.29) is 11.3 Å². The zero-order valence-electron chi connectivity index (χ0n) is 9.58. The highest BCUT2D eigenvalue weighted by Gasteiger charge is 2.25. The molecule has 0 aliphatic rings. The van der Waals surface area contributed by atoms with Crippen molar-refractivity contribution in [3.8, 4) is 5.75 Å². The second kappa shape index (κ2) is 5.13. The summed E-state index contributed by atoms with van der Waals surface area (Å²) in [6.07, 6.45) is 0.845. The number of nitrogens with one attached hydrogen (secondary N) is 1. The van der Waals surface area contributed by atoms with Gasteiger partial charge in [0.25, 0.3) is 5.91 Å². The van der Waals surface area contributed by atoms with Crippen LogP contribution in [0.15, 0.2) is 24.5 Å². The molecule has 0 saturated carbocycles. The molecule has 2 aromatic rings. The van der Waals surface area contributed by atoms with Gasteiger partial charge < -0.3 is 15.2 Å². The van der Waals surface area contributed by atoms with Crippen molar-refractivity contribution >= 4 is 29.0 Å². The van der Waals surface area contributed by atoms with Gasteiger partial charge in [-0.2, -0.15) is 0 Å². The second-order valence-electron chi connectivity index (χ2n) is 3.62. The van der Waals surface area contributed by atoms with Gasteiger partial charge in [-0.15, -0.1) is 4.48 Å². The number of aromatic hydroxyl groups is 1. The molecule has 0 fully saturated rings. The van der Waals surface area contributed by atoms with Crippen LogP contribution in [-0.4, -0.2) is 25.5 Å². The molecule has 0 aliphatic carbocycles. The fourth-order valence-electron chi connectivity index (χ4n) is 1.48. The van der Waals surface area contributed by atoms with E-state index in [1.54, 1.807) is 0 Å². The van der Waals surface area contributed by atoms with E-state index in [4.69, 9.17) is 11.6 Å². The Hall–Kier alpha value is -2.68. The third kappa shape index (κ3) is 2.26.